The number of aryl methyl sites for hydroxylation is 1. The van der Waals surface area contributed by atoms with Crippen molar-refractivity contribution in [2.45, 2.75) is 38.2 Å². The molecule has 9 nitrogen and oxygen atoms in total. The highest BCUT2D eigenvalue weighted by atomic mass is 16.6. The molecular weight excluding hydrogens is 328 g/mol. The highest BCUT2D eigenvalue weighted by Gasteiger charge is 2.44. The normalized spacial score (nSPS) is 23.7. The van der Waals surface area contributed by atoms with E-state index in [4.69, 9.17) is 4.74 Å². The van der Waals surface area contributed by atoms with Crippen LogP contribution in [0.2, 0.25) is 0 Å². The number of H-pyrrole nitrogens is 2. The number of carbonyl (C=O) groups excluding carboxylic acids is 2. The number of nitrogens with zero attached hydrogens (tertiary/aromatic N) is 2. The first kappa shape index (κ1) is 17.2. The molecule has 25 heavy (non-hydrogen) atoms. The van der Waals surface area contributed by atoms with Gasteiger partial charge in [0.2, 0.25) is 5.91 Å². The van der Waals surface area contributed by atoms with Gasteiger partial charge in [0.1, 0.15) is 5.60 Å². The molecule has 2 saturated heterocycles. The zero-order valence-electron chi connectivity index (χ0n) is 14.4. The van der Waals surface area contributed by atoms with Crippen LogP contribution in [0.3, 0.4) is 0 Å². The molecule has 136 valence electrons. The number of hydrogen-bond donors (Lipinski definition) is 2. The largest absolute Gasteiger partial charge is 0.441 e. The Morgan fingerprint density at radius 2 is 1.96 bits per heavy atom. The Balaban J connectivity index is 1.69. The van der Waals surface area contributed by atoms with Gasteiger partial charge >= 0.3 is 11.8 Å². The van der Waals surface area contributed by atoms with E-state index in [0.29, 0.717) is 38.2 Å². The molecule has 3 rings (SSSR count). The first-order valence-electron chi connectivity index (χ1n) is 8.34. The maximum atomic E-state index is 12.6. The summed E-state index contributed by atoms with van der Waals surface area (Å²) >= 11 is 0. The number of carbonyl (C=O) groups is 2. The van der Waals surface area contributed by atoms with E-state index < -0.39 is 16.9 Å². The van der Waals surface area contributed by atoms with E-state index in [1.54, 1.807) is 23.8 Å². The number of aromatic nitrogens is 2. The van der Waals surface area contributed by atoms with Crippen molar-refractivity contribution >= 4 is 12.0 Å². The predicted octanol–water partition coefficient (Wildman–Crippen LogP) is -0.253. The Kier molecular flexibility index (Phi) is 4.40. The molecule has 1 aromatic rings. The molecule has 0 aromatic carbocycles. The molecule has 0 saturated carbocycles. The van der Waals surface area contributed by atoms with Crippen LogP contribution in [-0.2, 0) is 16.0 Å². The summed E-state index contributed by atoms with van der Waals surface area (Å²) in [7, 11) is 1.70. The van der Waals surface area contributed by atoms with Gasteiger partial charge in [0.25, 0.3) is 5.56 Å². The monoisotopic (exact) mass is 350 g/mol. The molecule has 9 heteroatoms. The molecule has 1 atom stereocenters. The number of likely N-dealkylation sites (N-methyl/N-ethyl adjacent to an activating group) is 1. The number of hydrogen-bond acceptors (Lipinski definition) is 5. The summed E-state index contributed by atoms with van der Waals surface area (Å²) in [4.78, 5) is 55.3. The summed E-state index contributed by atoms with van der Waals surface area (Å²) < 4.78 is 5.53. The Labute approximate surface area is 144 Å². The zero-order chi connectivity index (χ0) is 18.2. The zero-order valence-corrected chi connectivity index (χ0v) is 14.4. The van der Waals surface area contributed by atoms with Gasteiger partial charge in [-0.15, -0.1) is 0 Å². The van der Waals surface area contributed by atoms with Crippen LogP contribution in [0.5, 0.6) is 0 Å². The molecule has 3 heterocycles. The second-order valence-electron chi connectivity index (χ2n) is 6.83. The number of amides is 2. The van der Waals surface area contributed by atoms with E-state index in [0.717, 1.165) is 6.42 Å². The van der Waals surface area contributed by atoms with E-state index in [9.17, 15) is 19.2 Å². The summed E-state index contributed by atoms with van der Waals surface area (Å²) in [5, 5.41) is 0. The summed E-state index contributed by atoms with van der Waals surface area (Å²) in [5.41, 5.74) is -0.961. The smallest absolute Gasteiger partial charge is 0.410 e. The van der Waals surface area contributed by atoms with Crippen molar-refractivity contribution in [1.29, 1.82) is 0 Å². The van der Waals surface area contributed by atoms with Gasteiger partial charge in [-0.25, -0.2) is 9.59 Å². The second kappa shape index (κ2) is 6.38. The maximum absolute atomic E-state index is 12.6. The first-order valence-corrected chi connectivity index (χ1v) is 8.34. The molecule has 2 aliphatic rings. The van der Waals surface area contributed by atoms with E-state index >= 15 is 0 Å². The molecule has 0 unspecified atom stereocenters. The SMILES string of the molecule is Cc1[nH]c(=O)[nH]c(=O)c1CC(=O)N1CCC[C@]2(CC1)CN(C)C(=O)O2. The quantitative estimate of drug-likeness (QED) is 0.763. The van der Waals surface area contributed by atoms with Crippen LogP contribution in [0.1, 0.15) is 30.5 Å². The number of nitrogens with one attached hydrogen (secondary N) is 2. The van der Waals surface area contributed by atoms with Crippen LogP contribution in [0.15, 0.2) is 9.59 Å². The van der Waals surface area contributed by atoms with Gasteiger partial charge in [0.05, 0.1) is 13.0 Å². The lowest BCUT2D eigenvalue weighted by Gasteiger charge is -2.25. The van der Waals surface area contributed by atoms with Gasteiger partial charge in [0.15, 0.2) is 0 Å². The van der Waals surface area contributed by atoms with Gasteiger partial charge in [-0.2, -0.15) is 0 Å². The first-order chi connectivity index (χ1) is 11.8. The number of rotatable bonds is 2. The van der Waals surface area contributed by atoms with Gasteiger partial charge in [0, 0.05) is 37.8 Å². The van der Waals surface area contributed by atoms with Crippen LogP contribution < -0.4 is 11.2 Å². The minimum absolute atomic E-state index is 0.0648. The minimum Gasteiger partial charge on any atom is -0.441 e. The molecule has 2 amide bonds. The fraction of sp³-hybridized carbons (Fsp3) is 0.625. The summed E-state index contributed by atoms with van der Waals surface area (Å²) in [5.74, 6) is -0.171. The van der Waals surface area contributed by atoms with Gasteiger partial charge < -0.3 is 19.5 Å². The average Bonchev–Trinajstić information content (AvgIpc) is 2.69. The van der Waals surface area contributed by atoms with E-state index in [1.807, 2.05) is 0 Å². The third-order valence-electron chi connectivity index (χ3n) is 4.97. The predicted molar refractivity (Wildman–Crippen MR) is 88.4 cm³/mol. The van der Waals surface area contributed by atoms with Crippen molar-refractivity contribution in [3.63, 3.8) is 0 Å². The van der Waals surface area contributed by atoms with E-state index in [1.165, 1.54) is 0 Å². The minimum atomic E-state index is -0.581. The summed E-state index contributed by atoms with van der Waals surface area (Å²) in [6, 6.07) is 0. The lowest BCUT2D eigenvalue weighted by molar-refractivity contribution is -0.130. The van der Waals surface area contributed by atoms with Crippen LogP contribution in [0, 0.1) is 6.92 Å². The average molecular weight is 350 g/mol. The molecule has 1 spiro atoms. The van der Waals surface area contributed by atoms with Crippen molar-refractivity contribution in [2.75, 3.05) is 26.7 Å². The van der Waals surface area contributed by atoms with Crippen molar-refractivity contribution in [1.82, 2.24) is 19.8 Å². The van der Waals surface area contributed by atoms with Gasteiger partial charge in [-0.1, -0.05) is 0 Å². The number of ether oxygens (including phenoxy) is 1. The second-order valence-corrected chi connectivity index (χ2v) is 6.83. The molecule has 0 aliphatic carbocycles. The molecular formula is C16H22N4O5. The highest BCUT2D eigenvalue weighted by molar-refractivity contribution is 5.79. The van der Waals surface area contributed by atoms with Crippen molar-refractivity contribution in [2.24, 2.45) is 0 Å². The lowest BCUT2D eigenvalue weighted by atomic mass is 9.95. The molecule has 0 bridgehead atoms. The van der Waals surface area contributed by atoms with Crippen molar-refractivity contribution < 1.29 is 14.3 Å². The Morgan fingerprint density at radius 1 is 1.20 bits per heavy atom. The van der Waals surface area contributed by atoms with Crippen LogP contribution in [0.4, 0.5) is 4.79 Å². The topological polar surface area (TPSA) is 116 Å². The molecule has 2 fully saturated rings. The number of likely N-dealkylation sites (tertiary alicyclic amines) is 1. The third kappa shape index (κ3) is 3.45. The fourth-order valence-electron chi connectivity index (χ4n) is 3.57. The van der Waals surface area contributed by atoms with Crippen LogP contribution >= 0.6 is 0 Å². The van der Waals surface area contributed by atoms with Crippen LogP contribution in [0.25, 0.3) is 0 Å². The molecule has 1 aromatic heterocycles. The maximum Gasteiger partial charge on any atom is 0.410 e. The van der Waals surface area contributed by atoms with Gasteiger partial charge in [-0.05, 0) is 19.8 Å². The third-order valence-corrected chi connectivity index (χ3v) is 4.97. The fourth-order valence-corrected chi connectivity index (χ4v) is 3.57. The molecule has 2 aliphatic heterocycles. The van der Waals surface area contributed by atoms with Crippen molar-refractivity contribution in [3.05, 3.63) is 32.1 Å². The van der Waals surface area contributed by atoms with Gasteiger partial charge in [-0.3, -0.25) is 14.6 Å². The highest BCUT2D eigenvalue weighted by Crippen LogP contribution is 2.32. The summed E-state index contributed by atoms with van der Waals surface area (Å²) in [6.07, 6.45) is 1.63. The summed E-state index contributed by atoms with van der Waals surface area (Å²) in [6.45, 7) is 3.17. The number of aromatic amines is 2. The van der Waals surface area contributed by atoms with E-state index in [-0.39, 0.29) is 24.0 Å². The van der Waals surface area contributed by atoms with E-state index in [2.05, 4.69) is 9.97 Å². The lowest BCUT2D eigenvalue weighted by Crippen LogP contribution is -2.38. The Bertz CT molecular complexity index is 813. The van der Waals surface area contributed by atoms with Crippen molar-refractivity contribution in [3.8, 4) is 0 Å². The Hall–Kier alpha value is -2.58. The standard InChI is InChI=1S/C16H22N4O5/c1-10-11(13(22)18-14(23)17-10)8-12(21)20-6-3-4-16(5-7-20)9-19(2)15(24)25-16/h3-9H2,1-2H3,(H2,17,18,22,23)/t16-/m0/s1. The molecule has 2 N–H and O–H groups in total. The van der Waals surface area contributed by atoms with Crippen LogP contribution in [-0.4, -0.2) is 64.1 Å². The Morgan fingerprint density at radius 3 is 2.60 bits per heavy atom. The molecule has 0 radical (unpaired) electrons.